The van der Waals surface area contributed by atoms with Crippen molar-refractivity contribution < 1.29 is 19.1 Å². The van der Waals surface area contributed by atoms with E-state index in [2.05, 4.69) is 0 Å². The number of rotatable bonds is 4. The molecule has 0 aromatic rings. The van der Waals surface area contributed by atoms with Gasteiger partial charge in [-0.05, 0) is 33.6 Å². The number of amides is 1. The first kappa shape index (κ1) is 17.6. The van der Waals surface area contributed by atoms with Crippen molar-refractivity contribution >= 4 is 17.5 Å². The van der Waals surface area contributed by atoms with E-state index >= 15 is 0 Å². The highest BCUT2D eigenvalue weighted by molar-refractivity contribution is 6.24. The highest BCUT2D eigenvalue weighted by Crippen LogP contribution is 2.28. The first-order valence-electron chi connectivity index (χ1n) is 8.17. The summed E-state index contributed by atoms with van der Waals surface area (Å²) < 4.78 is 5.26. The van der Waals surface area contributed by atoms with E-state index in [9.17, 15) is 14.4 Å². The summed E-state index contributed by atoms with van der Waals surface area (Å²) in [6, 6.07) is 0. The molecule has 0 spiro atoms. The molecule has 23 heavy (non-hydrogen) atoms. The van der Waals surface area contributed by atoms with Crippen LogP contribution in [0.4, 0.5) is 0 Å². The largest absolute Gasteiger partial charge is 0.378 e. The number of hydrogen-bond acceptors (Lipinski definition) is 4. The number of carbonyl (C=O) groups excluding carboxylic acids is 3. The molecule has 126 valence electrons. The number of ether oxygens (including phenoxy) is 1. The van der Waals surface area contributed by atoms with Gasteiger partial charge in [0.25, 0.3) is 0 Å². The lowest BCUT2D eigenvalue weighted by Gasteiger charge is -2.29. The Labute approximate surface area is 137 Å². The number of ketones is 2. The summed E-state index contributed by atoms with van der Waals surface area (Å²) in [4.78, 5) is 38.8. The van der Waals surface area contributed by atoms with Gasteiger partial charge in [-0.3, -0.25) is 14.4 Å². The minimum Gasteiger partial charge on any atom is -0.378 e. The number of carbonyl (C=O) groups is 3. The van der Waals surface area contributed by atoms with Crippen LogP contribution >= 0.6 is 0 Å². The summed E-state index contributed by atoms with van der Waals surface area (Å²) in [6.07, 6.45) is 1.05. The molecule has 2 aliphatic rings. The van der Waals surface area contributed by atoms with E-state index in [4.69, 9.17) is 4.74 Å². The second-order valence-electron chi connectivity index (χ2n) is 6.39. The molecule has 1 aliphatic carbocycles. The third-order valence-corrected chi connectivity index (χ3v) is 4.88. The van der Waals surface area contributed by atoms with Crippen LogP contribution in [0.25, 0.3) is 0 Å². The van der Waals surface area contributed by atoms with Gasteiger partial charge in [0.2, 0.25) is 5.91 Å². The van der Waals surface area contributed by atoms with E-state index in [1.54, 1.807) is 20.8 Å². The third-order valence-electron chi connectivity index (χ3n) is 4.88. The average Bonchev–Trinajstić information content (AvgIpc) is 2.58. The molecular weight excluding hydrogens is 294 g/mol. The van der Waals surface area contributed by atoms with Gasteiger partial charge in [0.05, 0.1) is 13.2 Å². The van der Waals surface area contributed by atoms with E-state index in [1.807, 2.05) is 11.8 Å². The van der Waals surface area contributed by atoms with Gasteiger partial charge in [0.1, 0.15) is 0 Å². The molecule has 0 radical (unpaired) electrons. The maximum Gasteiger partial charge on any atom is 0.225 e. The molecule has 0 saturated carbocycles. The van der Waals surface area contributed by atoms with E-state index in [-0.39, 0.29) is 23.4 Å². The second kappa shape index (κ2) is 7.21. The van der Waals surface area contributed by atoms with Crippen LogP contribution in [0, 0.1) is 5.92 Å². The van der Waals surface area contributed by atoms with Crippen molar-refractivity contribution in [2.45, 2.75) is 40.5 Å². The number of allylic oxidation sites excluding steroid dienone is 4. The van der Waals surface area contributed by atoms with Gasteiger partial charge in [0, 0.05) is 41.3 Å². The van der Waals surface area contributed by atoms with Crippen molar-refractivity contribution in [3.05, 3.63) is 22.3 Å². The predicted octanol–water partition coefficient (Wildman–Crippen LogP) is 2.07. The summed E-state index contributed by atoms with van der Waals surface area (Å²) in [6.45, 7) is 9.41. The van der Waals surface area contributed by atoms with Crippen LogP contribution in [0.2, 0.25) is 0 Å². The Kier molecular flexibility index (Phi) is 5.52. The monoisotopic (exact) mass is 319 g/mol. The van der Waals surface area contributed by atoms with E-state index in [0.29, 0.717) is 61.4 Å². The van der Waals surface area contributed by atoms with Crippen LogP contribution in [0.5, 0.6) is 0 Å². The molecule has 0 aromatic carbocycles. The number of hydrogen-bond donors (Lipinski definition) is 0. The molecule has 0 bridgehead atoms. The van der Waals surface area contributed by atoms with Crippen LogP contribution in [0.15, 0.2) is 22.3 Å². The topological polar surface area (TPSA) is 63.7 Å². The summed E-state index contributed by atoms with van der Waals surface area (Å²) in [7, 11) is 0. The number of morpholine rings is 1. The van der Waals surface area contributed by atoms with E-state index in [1.165, 1.54) is 0 Å². The Morgan fingerprint density at radius 2 is 1.61 bits per heavy atom. The van der Waals surface area contributed by atoms with Gasteiger partial charge in [-0.15, -0.1) is 0 Å². The standard InChI is InChI=1S/C18H25NO4/c1-11(18(22)19-7-9-23-10-8-19)5-6-15-14(4)16(20)12(2)13(3)17(15)21/h11H,5-10H2,1-4H3. The van der Waals surface area contributed by atoms with Crippen LogP contribution < -0.4 is 0 Å². The van der Waals surface area contributed by atoms with Crippen molar-refractivity contribution in [2.24, 2.45) is 5.92 Å². The average molecular weight is 319 g/mol. The van der Waals surface area contributed by atoms with Gasteiger partial charge >= 0.3 is 0 Å². The first-order chi connectivity index (χ1) is 10.8. The lowest BCUT2D eigenvalue weighted by molar-refractivity contribution is -0.139. The fourth-order valence-electron chi connectivity index (χ4n) is 3.04. The summed E-state index contributed by atoms with van der Waals surface area (Å²) in [5.41, 5.74) is 2.17. The molecule has 5 nitrogen and oxygen atoms in total. The van der Waals surface area contributed by atoms with Crippen molar-refractivity contribution in [1.29, 1.82) is 0 Å². The molecule has 2 rings (SSSR count). The van der Waals surface area contributed by atoms with Crippen molar-refractivity contribution in [1.82, 2.24) is 4.90 Å². The molecule has 1 amide bonds. The molecule has 1 atom stereocenters. The van der Waals surface area contributed by atoms with Crippen LogP contribution in [-0.2, 0) is 19.1 Å². The zero-order valence-corrected chi connectivity index (χ0v) is 14.4. The van der Waals surface area contributed by atoms with Gasteiger partial charge < -0.3 is 9.64 Å². The molecule has 1 unspecified atom stereocenters. The van der Waals surface area contributed by atoms with Crippen LogP contribution in [0.1, 0.15) is 40.5 Å². The normalized spacial score (nSPS) is 21.1. The van der Waals surface area contributed by atoms with Crippen molar-refractivity contribution in [3.8, 4) is 0 Å². The predicted molar refractivity (Wildman–Crippen MR) is 86.9 cm³/mol. The lowest BCUT2D eigenvalue weighted by atomic mass is 9.83. The Hall–Kier alpha value is -1.75. The Bertz CT molecular complexity index is 594. The third kappa shape index (κ3) is 3.61. The fraction of sp³-hybridized carbons (Fsp3) is 0.611. The molecule has 1 saturated heterocycles. The van der Waals surface area contributed by atoms with Gasteiger partial charge in [-0.1, -0.05) is 6.92 Å². The lowest BCUT2D eigenvalue weighted by Crippen LogP contribution is -2.43. The second-order valence-corrected chi connectivity index (χ2v) is 6.39. The Morgan fingerprint density at radius 1 is 1.04 bits per heavy atom. The first-order valence-corrected chi connectivity index (χ1v) is 8.17. The number of Topliss-reactive ketones (excluding diaryl/α,β-unsaturated/α-hetero) is 2. The summed E-state index contributed by atoms with van der Waals surface area (Å²) in [5.74, 6) is -0.164. The minimum absolute atomic E-state index is 0.0504. The summed E-state index contributed by atoms with van der Waals surface area (Å²) in [5, 5.41) is 0. The fourth-order valence-corrected chi connectivity index (χ4v) is 3.04. The maximum absolute atomic E-state index is 12.4. The number of nitrogens with zero attached hydrogens (tertiary/aromatic N) is 1. The van der Waals surface area contributed by atoms with Gasteiger partial charge in [-0.25, -0.2) is 0 Å². The van der Waals surface area contributed by atoms with E-state index in [0.717, 1.165) is 0 Å². The van der Waals surface area contributed by atoms with Gasteiger partial charge in [0.15, 0.2) is 11.6 Å². The van der Waals surface area contributed by atoms with Crippen molar-refractivity contribution in [3.63, 3.8) is 0 Å². The molecule has 0 N–H and O–H groups in total. The highest BCUT2D eigenvalue weighted by Gasteiger charge is 2.29. The molecule has 1 heterocycles. The van der Waals surface area contributed by atoms with Gasteiger partial charge in [-0.2, -0.15) is 0 Å². The van der Waals surface area contributed by atoms with Crippen molar-refractivity contribution in [2.75, 3.05) is 26.3 Å². The molecule has 5 heteroatoms. The molecule has 1 fully saturated rings. The Morgan fingerprint density at radius 3 is 2.22 bits per heavy atom. The Balaban J connectivity index is 2.01. The van der Waals surface area contributed by atoms with Crippen LogP contribution in [-0.4, -0.2) is 48.7 Å². The zero-order valence-electron chi connectivity index (χ0n) is 14.4. The highest BCUT2D eigenvalue weighted by atomic mass is 16.5. The molecule has 1 aliphatic heterocycles. The molecular formula is C18H25NO4. The maximum atomic E-state index is 12.4. The van der Waals surface area contributed by atoms with Crippen LogP contribution in [0.3, 0.4) is 0 Å². The van der Waals surface area contributed by atoms with E-state index < -0.39 is 0 Å². The zero-order chi connectivity index (χ0) is 17.1. The molecule has 0 aromatic heterocycles. The summed E-state index contributed by atoms with van der Waals surface area (Å²) >= 11 is 0. The minimum atomic E-state index is -0.163. The quantitative estimate of drug-likeness (QED) is 0.744. The SMILES string of the molecule is CC1=C(C)C(=O)C(CCC(C)C(=O)N2CCOCC2)=C(C)C1=O. The smallest absolute Gasteiger partial charge is 0.225 e.